The van der Waals surface area contributed by atoms with Gasteiger partial charge in [0.25, 0.3) is 5.91 Å². The summed E-state index contributed by atoms with van der Waals surface area (Å²) in [5.74, 6) is -2.63. The highest BCUT2D eigenvalue weighted by atomic mass is 16.6. The molecular formula is C30H40N2O9. The average Bonchev–Trinajstić information content (AvgIpc) is 3.42. The number of fused-ring (bicyclic) bond motifs is 5. The van der Waals surface area contributed by atoms with Gasteiger partial charge in [0.1, 0.15) is 29.2 Å². The number of ether oxygens (including phenoxy) is 2. The van der Waals surface area contributed by atoms with Crippen LogP contribution in [-0.4, -0.2) is 67.8 Å². The number of hydrogen-bond acceptors (Lipinski definition) is 8. The predicted molar refractivity (Wildman–Crippen MR) is 145 cm³/mol. The lowest BCUT2D eigenvalue weighted by Crippen LogP contribution is -2.69. The summed E-state index contributed by atoms with van der Waals surface area (Å²) in [5, 5.41) is 32.3. The summed E-state index contributed by atoms with van der Waals surface area (Å²) in [6.45, 7) is 9.48. The van der Waals surface area contributed by atoms with Crippen LogP contribution in [0.5, 0.6) is 11.5 Å². The number of aliphatic hydroxyl groups is 1. The van der Waals surface area contributed by atoms with Crippen LogP contribution >= 0.6 is 0 Å². The van der Waals surface area contributed by atoms with Gasteiger partial charge in [-0.25, -0.2) is 4.79 Å². The van der Waals surface area contributed by atoms with Gasteiger partial charge in [-0.15, -0.1) is 0 Å². The number of carboxylic acid groups (broad SMARTS) is 1. The van der Waals surface area contributed by atoms with Crippen molar-refractivity contribution in [1.82, 2.24) is 4.90 Å². The number of amides is 2. The van der Waals surface area contributed by atoms with Crippen molar-refractivity contribution in [1.29, 1.82) is 0 Å². The maximum absolute atomic E-state index is 13.4. The second-order valence-electron chi connectivity index (χ2n) is 13.3. The van der Waals surface area contributed by atoms with E-state index < -0.39 is 58.4 Å². The molecule has 2 saturated carbocycles. The Hall–Kier alpha value is -3.34. The minimum absolute atomic E-state index is 0.000771. The number of benzene rings is 1. The number of primary amides is 1. The number of carboxylic acids is 1. The van der Waals surface area contributed by atoms with Crippen LogP contribution in [0.15, 0.2) is 6.07 Å². The molecule has 224 valence electrons. The average molecular weight is 573 g/mol. The zero-order valence-corrected chi connectivity index (χ0v) is 24.2. The van der Waals surface area contributed by atoms with Gasteiger partial charge in [-0.1, -0.05) is 27.7 Å². The Morgan fingerprint density at radius 1 is 1.22 bits per heavy atom. The van der Waals surface area contributed by atoms with E-state index in [2.05, 4.69) is 13.8 Å². The first-order valence-electron chi connectivity index (χ1n) is 14.3. The fourth-order valence-corrected chi connectivity index (χ4v) is 8.66. The molecule has 2 aliphatic carbocycles. The molecule has 2 amide bonds. The van der Waals surface area contributed by atoms with Gasteiger partial charge < -0.3 is 35.4 Å². The van der Waals surface area contributed by atoms with E-state index in [4.69, 9.17) is 15.2 Å². The van der Waals surface area contributed by atoms with Gasteiger partial charge in [-0.05, 0) is 49.0 Å². The van der Waals surface area contributed by atoms with E-state index in [9.17, 15) is 34.5 Å². The number of nitrogens with zero attached hydrogens (tertiary/aromatic N) is 1. The number of phenolic OH excluding ortho intramolecular Hbond substituents is 1. The van der Waals surface area contributed by atoms with Crippen LogP contribution in [0, 0.1) is 22.7 Å². The standard InChI is InChI=1S/C30H40N2O9/c1-14-6-8-22-28(3,4)25(36)21(40-15(2)33)12-29(22,5)30(14)11-17-20(34)10-16-18(24(17)41-30)13-32(26(16)37)19(27(38)39)7-9-23(31)35/h10,14,19,21-22,25,34,36H,6-9,11-13H2,1-5H3,(H2,31,35)(H,38,39)/t14-,19-,21-,22-,25+,29-,30+/m0/s1. The SMILES string of the molecule is CC(=O)O[C@H]1C[C@@]2(C)[C@@H](CC[C@H](C)[C@]23Cc2c(O)cc4c(c2O3)CN([C@@H](CCC(N)=O)C(=O)O)C4=O)C(C)(C)[C@@H]1O. The molecule has 1 spiro atoms. The van der Waals surface area contributed by atoms with Gasteiger partial charge >= 0.3 is 11.9 Å². The molecule has 7 atom stereocenters. The highest BCUT2D eigenvalue weighted by Gasteiger charge is 2.69. The largest absolute Gasteiger partial charge is 0.508 e. The van der Waals surface area contributed by atoms with Crippen LogP contribution in [0.4, 0.5) is 0 Å². The molecule has 1 aromatic rings. The van der Waals surface area contributed by atoms with Gasteiger partial charge in [0.2, 0.25) is 5.91 Å². The smallest absolute Gasteiger partial charge is 0.326 e. The number of carbonyl (C=O) groups excluding carboxylic acids is 3. The summed E-state index contributed by atoms with van der Waals surface area (Å²) in [7, 11) is 0. The van der Waals surface area contributed by atoms with Crippen molar-refractivity contribution in [2.75, 3.05) is 0 Å². The number of esters is 1. The Morgan fingerprint density at radius 3 is 2.51 bits per heavy atom. The number of hydrogen-bond donors (Lipinski definition) is 4. The third-order valence-corrected chi connectivity index (χ3v) is 10.7. The second kappa shape index (κ2) is 9.61. The van der Waals surface area contributed by atoms with E-state index in [-0.39, 0.29) is 42.5 Å². The molecule has 2 heterocycles. The van der Waals surface area contributed by atoms with E-state index >= 15 is 0 Å². The number of rotatable bonds is 6. The molecule has 0 saturated heterocycles. The minimum Gasteiger partial charge on any atom is -0.508 e. The van der Waals surface area contributed by atoms with Gasteiger partial charge in [0.05, 0.1) is 18.2 Å². The maximum Gasteiger partial charge on any atom is 0.326 e. The number of carbonyl (C=O) groups is 4. The molecule has 5 N–H and O–H groups in total. The van der Waals surface area contributed by atoms with Crippen LogP contribution in [0.25, 0.3) is 0 Å². The first kappa shape index (κ1) is 29.2. The van der Waals surface area contributed by atoms with E-state index in [1.807, 2.05) is 13.8 Å². The second-order valence-corrected chi connectivity index (χ2v) is 13.3. The quantitative estimate of drug-likeness (QED) is 0.373. The Bertz CT molecular complexity index is 1330. The molecular weight excluding hydrogens is 532 g/mol. The number of nitrogens with two attached hydrogens (primary N) is 1. The molecule has 0 aromatic heterocycles. The monoisotopic (exact) mass is 572 g/mol. The summed E-state index contributed by atoms with van der Waals surface area (Å²) < 4.78 is 12.6. The topological polar surface area (TPSA) is 177 Å². The van der Waals surface area contributed by atoms with Crippen LogP contribution in [-0.2, 0) is 32.1 Å². The zero-order chi connectivity index (χ0) is 30.2. The minimum atomic E-state index is -1.27. The van der Waals surface area contributed by atoms with E-state index in [0.717, 1.165) is 12.8 Å². The molecule has 0 bridgehead atoms. The summed E-state index contributed by atoms with van der Waals surface area (Å²) in [6, 6.07) is 0.117. The summed E-state index contributed by atoms with van der Waals surface area (Å²) in [4.78, 5) is 50.1. The Kier molecular flexibility index (Phi) is 6.83. The highest BCUT2D eigenvalue weighted by Crippen LogP contribution is 2.67. The van der Waals surface area contributed by atoms with Crippen molar-refractivity contribution in [3.8, 4) is 11.5 Å². The number of phenols is 1. The lowest BCUT2D eigenvalue weighted by atomic mass is 9.43. The van der Waals surface area contributed by atoms with Crippen molar-refractivity contribution >= 4 is 23.8 Å². The van der Waals surface area contributed by atoms with E-state index in [1.54, 1.807) is 0 Å². The van der Waals surface area contributed by atoms with Crippen molar-refractivity contribution in [2.45, 2.75) is 104 Å². The Balaban J connectivity index is 1.57. The molecule has 2 aliphatic heterocycles. The first-order valence-corrected chi connectivity index (χ1v) is 14.3. The van der Waals surface area contributed by atoms with Crippen LogP contribution < -0.4 is 10.5 Å². The van der Waals surface area contributed by atoms with Crippen LogP contribution in [0.1, 0.15) is 88.2 Å². The van der Waals surface area contributed by atoms with E-state index in [0.29, 0.717) is 29.7 Å². The normalized spacial score (nSPS) is 33.9. The van der Waals surface area contributed by atoms with Crippen molar-refractivity contribution in [3.05, 3.63) is 22.8 Å². The summed E-state index contributed by atoms with van der Waals surface area (Å²) >= 11 is 0. The fraction of sp³-hybridized carbons (Fsp3) is 0.667. The molecule has 0 radical (unpaired) electrons. The van der Waals surface area contributed by atoms with Crippen molar-refractivity contribution in [3.63, 3.8) is 0 Å². The third-order valence-electron chi connectivity index (χ3n) is 10.7. The van der Waals surface area contributed by atoms with Gasteiger partial charge in [-0.3, -0.25) is 14.4 Å². The molecule has 4 aliphatic rings. The van der Waals surface area contributed by atoms with Gasteiger partial charge in [0, 0.05) is 36.3 Å². The number of aliphatic carboxylic acids is 1. The molecule has 11 heteroatoms. The molecule has 41 heavy (non-hydrogen) atoms. The predicted octanol–water partition coefficient (Wildman–Crippen LogP) is 2.52. The molecule has 1 aromatic carbocycles. The first-order chi connectivity index (χ1) is 19.0. The maximum atomic E-state index is 13.4. The number of aromatic hydroxyl groups is 1. The van der Waals surface area contributed by atoms with Crippen LogP contribution in [0.3, 0.4) is 0 Å². The molecule has 5 rings (SSSR count). The van der Waals surface area contributed by atoms with E-state index in [1.165, 1.54) is 17.9 Å². The molecule has 2 fully saturated rings. The van der Waals surface area contributed by atoms with Crippen molar-refractivity contribution < 1.29 is 44.0 Å². The number of aliphatic hydroxyl groups excluding tert-OH is 1. The lowest BCUT2D eigenvalue weighted by Gasteiger charge is -2.65. The Labute approximate surface area is 239 Å². The van der Waals surface area contributed by atoms with Gasteiger partial charge in [0.15, 0.2) is 0 Å². The highest BCUT2D eigenvalue weighted by molar-refractivity contribution is 6.02. The third kappa shape index (κ3) is 4.18. The molecule has 0 unspecified atom stereocenters. The van der Waals surface area contributed by atoms with Gasteiger partial charge in [-0.2, -0.15) is 0 Å². The fourth-order valence-electron chi connectivity index (χ4n) is 8.66. The zero-order valence-electron chi connectivity index (χ0n) is 24.2. The summed E-state index contributed by atoms with van der Waals surface area (Å²) in [6.07, 6.45) is 0.441. The Morgan fingerprint density at radius 2 is 1.90 bits per heavy atom. The van der Waals surface area contributed by atoms with Crippen LogP contribution in [0.2, 0.25) is 0 Å². The van der Waals surface area contributed by atoms with Crippen molar-refractivity contribution in [2.24, 2.45) is 28.4 Å². The summed E-state index contributed by atoms with van der Waals surface area (Å²) in [5.41, 5.74) is 4.45. The molecule has 11 nitrogen and oxygen atoms in total. The lowest BCUT2D eigenvalue weighted by molar-refractivity contribution is -0.245.